The number of hydrogen-bond acceptors (Lipinski definition) is 0. The number of rotatable bonds is 2. The largest absolute Gasteiger partial charge is 0.0786 e. The monoisotopic (exact) mass is 316 g/mol. The molecule has 0 heterocycles. The van der Waals surface area contributed by atoms with Crippen molar-refractivity contribution in [1.82, 2.24) is 0 Å². The molecule has 100 valence electrons. The van der Waals surface area contributed by atoms with Crippen molar-refractivity contribution < 1.29 is 0 Å². The second-order valence-electron chi connectivity index (χ2n) is 5.39. The van der Waals surface area contributed by atoms with Crippen molar-refractivity contribution in [2.24, 2.45) is 0 Å². The molecular formula is C18H21Br. The molecule has 1 unspecified atom stereocenters. The van der Waals surface area contributed by atoms with E-state index in [0.29, 0.717) is 0 Å². The van der Waals surface area contributed by atoms with Crippen LogP contribution in [0.25, 0.3) is 0 Å². The molecule has 0 radical (unpaired) electrons. The van der Waals surface area contributed by atoms with E-state index in [4.69, 9.17) is 0 Å². The first-order valence-corrected chi connectivity index (χ1v) is 7.62. The van der Waals surface area contributed by atoms with Crippen LogP contribution in [0.4, 0.5) is 0 Å². The Kier molecular flexibility index (Phi) is 4.15. The predicted octanol–water partition coefficient (Wildman–Crippen LogP) is 5.71. The quantitative estimate of drug-likeness (QED) is 0.622. The Balaban J connectivity index is 2.63. The summed E-state index contributed by atoms with van der Waals surface area (Å²) in [5.41, 5.74) is 9.65. The zero-order chi connectivity index (χ0) is 14.2. The molecule has 19 heavy (non-hydrogen) atoms. The Hall–Kier alpha value is -1.08. The molecule has 0 amide bonds. The lowest BCUT2D eigenvalue weighted by atomic mass is 9.89. The van der Waals surface area contributed by atoms with E-state index in [9.17, 15) is 0 Å². The summed E-state index contributed by atoms with van der Waals surface area (Å²) < 4.78 is 0. The van der Waals surface area contributed by atoms with Gasteiger partial charge in [0.25, 0.3) is 0 Å². The predicted molar refractivity (Wildman–Crippen MR) is 87.3 cm³/mol. The molecule has 0 aliphatic carbocycles. The van der Waals surface area contributed by atoms with Crippen LogP contribution >= 0.6 is 15.9 Å². The van der Waals surface area contributed by atoms with Gasteiger partial charge in [0.2, 0.25) is 0 Å². The van der Waals surface area contributed by atoms with Crippen molar-refractivity contribution in [3.8, 4) is 0 Å². The molecule has 2 aromatic rings. The van der Waals surface area contributed by atoms with Gasteiger partial charge in [-0.2, -0.15) is 0 Å². The zero-order valence-corrected chi connectivity index (χ0v) is 13.9. The maximum absolute atomic E-state index is 3.91. The molecule has 1 atom stereocenters. The van der Waals surface area contributed by atoms with E-state index in [0.717, 1.165) is 0 Å². The number of hydrogen-bond donors (Lipinski definition) is 0. The van der Waals surface area contributed by atoms with E-state index < -0.39 is 0 Å². The van der Waals surface area contributed by atoms with E-state index in [1.807, 2.05) is 0 Å². The first-order valence-electron chi connectivity index (χ1n) is 6.70. The van der Waals surface area contributed by atoms with Crippen LogP contribution in [-0.2, 0) is 0 Å². The molecular weight excluding hydrogens is 296 g/mol. The van der Waals surface area contributed by atoms with Gasteiger partial charge in [0.1, 0.15) is 0 Å². The summed E-state index contributed by atoms with van der Waals surface area (Å²) in [4.78, 5) is 0.271. The standard InChI is InChI=1S/C18H21Br/c1-11-8-6-7-9-16(11)18(19)17-14(4)12(2)10-13(3)15(17)5/h6-10,18H,1-5H3. The van der Waals surface area contributed by atoms with Gasteiger partial charge in [-0.05, 0) is 73.6 Å². The lowest BCUT2D eigenvalue weighted by Crippen LogP contribution is -2.04. The molecule has 0 aromatic heterocycles. The summed E-state index contributed by atoms with van der Waals surface area (Å²) in [5.74, 6) is 0. The van der Waals surface area contributed by atoms with Crippen LogP contribution < -0.4 is 0 Å². The number of benzene rings is 2. The molecule has 2 aromatic carbocycles. The van der Waals surface area contributed by atoms with Gasteiger partial charge in [0.05, 0.1) is 4.83 Å². The summed E-state index contributed by atoms with van der Waals surface area (Å²) in [6, 6.07) is 10.9. The molecule has 0 saturated heterocycles. The van der Waals surface area contributed by atoms with Crippen molar-refractivity contribution in [3.05, 3.63) is 69.3 Å². The molecule has 0 aliphatic heterocycles. The number of aryl methyl sites for hydroxylation is 3. The van der Waals surface area contributed by atoms with Crippen LogP contribution in [0.1, 0.15) is 43.8 Å². The summed E-state index contributed by atoms with van der Waals surface area (Å²) in [7, 11) is 0. The fourth-order valence-corrected chi connectivity index (χ4v) is 3.85. The van der Waals surface area contributed by atoms with Crippen LogP contribution in [0.5, 0.6) is 0 Å². The first kappa shape index (κ1) is 14.3. The van der Waals surface area contributed by atoms with Crippen molar-refractivity contribution in [2.75, 3.05) is 0 Å². The molecule has 0 N–H and O–H groups in total. The van der Waals surface area contributed by atoms with Gasteiger partial charge in [-0.3, -0.25) is 0 Å². The SMILES string of the molecule is Cc1ccccc1C(Br)c1c(C)c(C)cc(C)c1C. The van der Waals surface area contributed by atoms with Crippen molar-refractivity contribution in [3.63, 3.8) is 0 Å². The molecule has 2 rings (SSSR count). The molecule has 0 bridgehead atoms. The van der Waals surface area contributed by atoms with E-state index in [1.54, 1.807) is 0 Å². The van der Waals surface area contributed by atoms with Gasteiger partial charge in [-0.25, -0.2) is 0 Å². The lowest BCUT2D eigenvalue weighted by Gasteiger charge is -2.21. The van der Waals surface area contributed by atoms with Gasteiger partial charge >= 0.3 is 0 Å². The average molecular weight is 317 g/mol. The average Bonchev–Trinajstić information content (AvgIpc) is 2.37. The minimum atomic E-state index is 0.271. The third kappa shape index (κ3) is 2.62. The second-order valence-corrected chi connectivity index (χ2v) is 6.31. The molecule has 0 aliphatic rings. The van der Waals surface area contributed by atoms with Gasteiger partial charge < -0.3 is 0 Å². The Labute approximate surface area is 125 Å². The van der Waals surface area contributed by atoms with Crippen molar-refractivity contribution in [2.45, 2.75) is 39.4 Å². The Bertz CT molecular complexity index is 585. The third-order valence-electron chi connectivity index (χ3n) is 4.14. The van der Waals surface area contributed by atoms with E-state index in [2.05, 4.69) is 80.9 Å². The highest BCUT2D eigenvalue weighted by Crippen LogP contribution is 2.38. The zero-order valence-electron chi connectivity index (χ0n) is 12.3. The van der Waals surface area contributed by atoms with Crippen molar-refractivity contribution >= 4 is 15.9 Å². The van der Waals surface area contributed by atoms with Crippen molar-refractivity contribution in [1.29, 1.82) is 0 Å². The Morgan fingerprint density at radius 1 is 0.789 bits per heavy atom. The fourth-order valence-electron chi connectivity index (χ4n) is 2.65. The van der Waals surface area contributed by atoms with Crippen LogP contribution in [0.2, 0.25) is 0 Å². The Morgan fingerprint density at radius 2 is 1.32 bits per heavy atom. The van der Waals surface area contributed by atoms with Crippen LogP contribution in [0, 0.1) is 34.6 Å². The van der Waals surface area contributed by atoms with Crippen LogP contribution in [-0.4, -0.2) is 0 Å². The molecule has 1 heteroatoms. The summed E-state index contributed by atoms with van der Waals surface area (Å²) in [6.45, 7) is 11.0. The number of halogens is 1. The molecule has 0 saturated carbocycles. The summed E-state index contributed by atoms with van der Waals surface area (Å²) in [5, 5.41) is 0. The lowest BCUT2D eigenvalue weighted by molar-refractivity contribution is 1.06. The summed E-state index contributed by atoms with van der Waals surface area (Å²) >= 11 is 3.91. The minimum absolute atomic E-state index is 0.271. The number of alkyl halides is 1. The van der Waals surface area contributed by atoms with Crippen LogP contribution in [0.15, 0.2) is 30.3 Å². The normalized spacial score (nSPS) is 12.5. The smallest absolute Gasteiger partial charge is 0.0652 e. The van der Waals surface area contributed by atoms with E-state index in [1.165, 1.54) is 38.9 Å². The van der Waals surface area contributed by atoms with Gasteiger partial charge in [0.15, 0.2) is 0 Å². The molecule has 0 spiro atoms. The summed E-state index contributed by atoms with van der Waals surface area (Å²) in [6.07, 6.45) is 0. The van der Waals surface area contributed by atoms with Crippen LogP contribution in [0.3, 0.4) is 0 Å². The molecule has 0 fully saturated rings. The second kappa shape index (κ2) is 5.50. The maximum atomic E-state index is 3.91. The highest BCUT2D eigenvalue weighted by molar-refractivity contribution is 9.09. The highest BCUT2D eigenvalue weighted by Gasteiger charge is 2.18. The van der Waals surface area contributed by atoms with E-state index in [-0.39, 0.29) is 4.83 Å². The highest BCUT2D eigenvalue weighted by atomic mass is 79.9. The fraction of sp³-hybridized carbons (Fsp3) is 0.333. The van der Waals surface area contributed by atoms with Gasteiger partial charge in [-0.15, -0.1) is 0 Å². The van der Waals surface area contributed by atoms with Gasteiger partial charge in [-0.1, -0.05) is 46.3 Å². The Morgan fingerprint density at radius 3 is 1.84 bits per heavy atom. The first-order chi connectivity index (χ1) is 8.93. The topological polar surface area (TPSA) is 0 Å². The van der Waals surface area contributed by atoms with Gasteiger partial charge in [0, 0.05) is 0 Å². The minimum Gasteiger partial charge on any atom is -0.0786 e. The third-order valence-corrected chi connectivity index (χ3v) is 5.09. The maximum Gasteiger partial charge on any atom is 0.0652 e. The van der Waals surface area contributed by atoms with E-state index >= 15 is 0 Å². The molecule has 0 nitrogen and oxygen atoms in total.